The molecule has 1 heterocycles. The Hall–Kier alpha value is -1.98. The van der Waals surface area contributed by atoms with Gasteiger partial charge in [-0.05, 0) is 56.6 Å². The Morgan fingerprint density at radius 3 is 2.48 bits per heavy atom. The van der Waals surface area contributed by atoms with E-state index in [2.05, 4.69) is 17.3 Å². The summed E-state index contributed by atoms with van der Waals surface area (Å²) in [5, 5.41) is 2.89. The number of nitrogens with zero attached hydrogens (tertiary/aromatic N) is 1. The quantitative estimate of drug-likeness (QED) is 0.734. The van der Waals surface area contributed by atoms with E-state index in [1.807, 2.05) is 61.5 Å². The summed E-state index contributed by atoms with van der Waals surface area (Å²) in [5.41, 5.74) is 1.08. The Morgan fingerprint density at radius 2 is 1.81 bits per heavy atom. The number of thioether (sulfide) groups is 1. The first-order valence-electron chi connectivity index (χ1n) is 9.54. The van der Waals surface area contributed by atoms with Gasteiger partial charge in [-0.25, -0.2) is 0 Å². The van der Waals surface area contributed by atoms with E-state index in [1.165, 1.54) is 0 Å². The zero-order chi connectivity index (χ0) is 19.1. The van der Waals surface area contributed by atoms with Crippen molar-refractivity contribution < 1.29 is 9.53 Å². The molecule has 1 fully saturated rings. The molecular weight excluding hydrogens is 356 g/mol. The minimum absolute atomic E-state index is 0.0514. The first-order valence-corrected chi connectivity index (χ1v) is 10.4. The van der Waals surface area contributed by atoms with Crippen LogP contribution in [0.5, 0.6) is 5.75 Å². The fourth-order valence-corrected chi connectivity index (χ4v) is 3.98. The molecule has 2 aromatic carbocycles. The summed E-state index contributed by atoms with van der Waals surface area (Å²) < 4.78 is 6.07. The molecule has 4 nitrogen and oxygen atoms in total. The van der Waals surface area contributed by atoms with Crippen molar-refractivity contribution in [3.05, 3.63) is 60.2 Å². The second kappa shape index (κ2) is 9.81. The lowest BCUT2D eigenvalue weighted by molar-refractivity contribution is -0.120. The maximum Gasteiger partial charge on any atom is 0.233 e. The smallest absolute Gasteiger partial charge is 0.233 e. The number of likely N-dealkylation sites (tertiary alicyclic amines) is 1. The zero-order valence-electron chi connectivity index (χ0n) is 16.1. The standard InChI is InChI=1S/C22H28N2O2S/c1-17(27-21-6-4-3-5-7-21)22(25)23-16-18-8-10-19(11-9-18)26-20-12-14-24(2)15-13-20/h3-11,17,20H,12-16H2,1-2H3,(H,23,25)/t17-/m0/s1. The summed E-state index contributed by atoms with van der Waals surface area (Å²) in [6.45, 7) is 4.65. The van der Waals surface area contributed by atoms with Crippen molar-refractivity contribution in [3.63, 3.8) is 0 Å². The van der Waals surface area contributed by atoms with Crippen molar-refractivity contribution in [2.24, 2.45) is 0 Å². The molecule has 2 aromatic rings. The molecule has 3 rings (SSSR count). The van der Waals surface area contributed by atoms with E-state index in [4.69, 9.17) is 4.74 Å². The highest BCUT2D eigenvalue weighted by atomic mass is 32.2. The summed E-state index contributed by atoms with van der Waals surface area (Å²) in [7, 11) is 2.15. The predicted molar refractivity (Wildman–Crippen MR) is 111 cm³/mol. The number of amides is 1. The van der Waals surface area contributed by atoms with Crippen LogP contribution in [0.3, 0.4) is 0 Å². The molecule has 0 unspecified atom stereocenters. The van der Waals surface area contributed by atoms with Crippen LogP contribution in [0.4, 0.5) is 0 Å². The highest BCUT2D eigenvalue weighted by Crippen LogP contribution is 2.23. The normalized spacial score (nSPS) is 16.7. The number of benzene rings is 2. The molecular formula is C22H28N2O2S. The number of nitrogens with one attached hydrogen (secondary N) is 1. The molecule has 144 valence electrons. The molecule has 1 aliphatic rings. The van der Waals surface area contributed by atoms with E-state index >= 15 is 0 Å². The van der Waals surface area contributed by atoms with Crippen LogP contribution in [-0.2, 0) is 11.3 Å². The fraction of sp³-hybridized carbons (Fsp3) is 0.409. The lowest BCUT2D eigenvalue weighted by atomic mass is 10.1. The van der Waals surface area contributed by atoms with Gasteiger partial charge >= 0.3 is 0 Å². The molecule has 27 heavy (non-hydrogen) atoms. The maximum atomic E-state index is 12.3. The fourth-order valence-electron chi connectivity index (χ4n) is 3.07. The SMILES string of the molecule is C[C@H](Sc1ccccc1)C(=O)NCc1ccc(OC2CCN(C)CC2)cc1. The number of rotatable bonds is 7. The molecule has 0 aromatic heterocycles. The lowest BCUT2D eigenvalue weighted by Gasteiger charge is -2.29. The van der Waals surface area contributed by atoms with Crippen LogP contribution in [0.15, 0.2) is 59.5 Å². The number of hydrogen-bond donors (Lipinski definition) is 1. The maximum absolute atomic E-state index is 12.3. The Morgan fingerprint density at radius 1 is 1.15 bits per heavy atom. The van der Waals surface area contributed by atoms with Crippen LogP contribution < -0.4 is 10.1 Å². The third kappa shape index (κ3) is 6.29. The summed E-state index contributed by atoms with van der Waals surface area (Å²) in [5.74, 6) is 0.961. The van der Waals surface area contributed by atoms with E-state index in [0.29, 0.717) is 12.6 Å². The van der Waals surface area contributed by atoms with Crippen molar-refractivity contribution in [1.29, 1.82) is 0 Å². The predicted octanol–water partition coefficient (Wildman–Crippen LogP) is 3.96. The summed E-state index contributed by atoms with van der Waals surface area (Å²) in [6, 6.07) is 18.1. The number of ether oxygens (including phenoxy) is 1. The Kier molecular flexibility index (Phi) is 7.18. The van der Waals surface area contributed by atoms with Crippen LogP contribution in [0, 0.1) is 0 Å². The van der Waals surface area contributed by atoms with Gasteiger partial charge in [-0.2, -0.15) is 0 Å². The molecule has 0 radical (unpaired) electrons. The molecule has 0 aliphatic carbocycles. The van der Waals surface area contributed by atoms with Gasteiger partial charge in [-0.1, -0.05) is 30.3 Å². The summed E-state index contributed by atoms with van der Waals surface area (Å²) >= 11 is 1.57. The third-order valence-electron chi connectivity index (χ3n) is 4.78. The van der Waals surface area contributed by atoms with Gasteiger partial charge in [0.15, 0.2) is 0 Å². The molecule has 1 saturated heterocycles. The topological polar surface area (TPSA) is 41.6 Å². The first kappa shape index (κ1) is 19.8. The van der Waals surface area contributed by atoms with Gasteiger partial charge in [0.05, 0.1) is 5.25 Å². The molecule has 1 atom stereocenters. The van der Waals surface area contributed by atoms with E-state index in [-0.39, 0.29) is 11.2 Å². The van der Waals surface area contributed by atoms with E-state index in [0.717, 1.165) is 42.1 Å². The first-order chi connectivity index (χ1) is 13.1. The van der Waals surface area contributed by atoms with Gasteiger partial charge in [0, 0.05) is 24.5 Å². The minimum atomic E-state index is -0.126. The number of hydrogen-bond acceptors (Lipinski definition) is 4. The molecule has 1 amide bonds. The third-order valence-corrected chi connectivity index (χ3v) is 5.90. The van der Waals surface area contributed by atoms with Gasteiger partial charge in [0.25, 0.3) is 0 Å². The van der Waals surface area contributed by atoms with Crippen molar-refractivity contribution in [3.8, 4) is 5.75 Å². The number of piperidine rings is 1. The summed E-state index contributed by atoms with van der Waals surface area (Å²) in [4.78, 5) is 15.8. The van der Waals surface area contributed by atoms with Gasteiger partial charge in [-0.15, -0.1) is 11.8 Å². The van der Waals surface area contributed by atoms with Gasteiger partial charge in [0.2, 0.25) is 5.91 Å². The van der Waals surface area contributed by atoms with Crippen LogP contribution in [0.25, 0.3) is 0 Å². The van der Waals surface area contributed by atoms with Crippen LogP contribution in [0.1, 0.15) is 25.3 Å². The highest BCUT2D eigenvalue weighted by molar-refractivity contribution is 8.00. The van der Waals surface area contributed by atoms with Crippen molar-refractivity contribution >= 4 is 17.7 Å². The van der Waals surface area contributed by atoms with Crippen LogP contribution in [0.2, 0.25) is 0 Å². The molecule has 1 aliphatic heterocycles. The van der Waals surface area contributed by atoms with Gasteiger partial charge < -0.3 is 15.0 Å². The number of carbonyl (C=O) groups is 1. The Balaban J connectivity index is 1.43. The molecule has 0 bridgehead atoms. The van der Waals surface area contributed by atoms with E-state index < -0.39 is 0 Å². The monoisotopic (exact) mass is 384 g/mol. The average molecular weight is 385 g/mol. The molecule has 1 N–H and O–H groups in total. The largest absolute Gasteiger partial charge is 0.490 e. The zero-order valence-corrected chi connectivity index (χ0v) is 16.9. The second-order valence-electron chi connectivity index (χ2n) is 7.06. The van der Waals surface area contributed by atoms with E-state index in [9.17, 15) is 4.79 Å². The van der Waals surface area contributed by atoms with Gasteiger partial charge in [0.1, 0.15) is 11.9 Å². The summed E-state index contributed by atoms with van der Waals surface area (Å²) in [6.07, 6.45) is 2.46. The van der Waals surface area contributed by atoms with Crippen LogP contribution in [-0.4, -0.2) is 42.3 Å². The molecule has 0 spiro atoms. The van der Waals surface area contributed by atoms with Gasteiger partial charge in [-0.3, -0.25) is 4.79 Å². The molecule has 0 saturated carbocycles. The Bertz CT molecular complexity index is 713. The highest BCUT2D eigenvalue weighted by Gasteiger charge is 2.18. The average Bonchev–Trinajstić information content (AvgIpc) is 2.69. The van der Waals surface area contributed by atoms with Crippen molar-refractivity contribution in [2.75, 3.05) is 20.1 Å². The van der Waals surface area contributed by atoms with Crippen molar-refractivity contribution in [1.82, 2.24) is 10.2 Å². The van der Waals surface area contributed by atoms with E-state index in [1.54, 1.807) is 11.8 Å². The molecule has 5 heteroatoms. The minimum Gasteiger partial charge on any atom is -0.490 e. The second-order valence-corrected chi connectivity index (χ2v) is 8.47. The Labute approximate surface area is 166 Å². The lowest BCUT2D eigenvalue weighted by Crippen LogP contribution is -2.35. The van der Waals surface area contributed by atoms with Crippen molar-refractivity contribution in [2.45, 2.75) is 42.6 Å². The number of carbonyl (C=O) groups excluding carboxylic acids is 1. The van der Waals surface area contributed by atoms with Crippen LogP contribution >= 0.6 is 11.8 Å².